The van der Waals surface area contributed by atoms with Crippen LogP contribution in [-0.4, -0.2) is 22.8 Å². The lowest BCUT2D eigenvalue weighted by molar-refractivity contribution is 0.588. The van der Waals surface area contributed by atoms with Gasteiger partial charge < -0.3 is 5.32 Å². The van der Waals surface area contributed by atoms with Gasteiger partial charge in [0.2, 0.25) is 0 Å². The molecule has 2 aromatic rings. The standard InChI is InChI=1S/C15H21N3S/c1-4-12-5-7-13(8-6-12)15-18-17-14(19-15)9-10-16-11(2)3/h5-8,11,16H,4,9-10H2,1-3H3. The third-order valence-electron chi connectivity index (χ3n) is 2.97. The van der Waals surface area contributed by atoms with Crippen molar-refractivity contribution in [3.63, 3.8) is 0 Å². The molecule has 102 valence electrons. The fourth-order valence-electron chi connectivity index (χ4n) is 1.82. The predicted molar refractivity (Wildman–Crippen MR) is 81.6 cm³/mol. The molecule has 0 amide bonds. The molecular weight excluding hydrogens is 254 g/mol. The number of rotatable bonds is 6. The van der Waals surface area contributed by atoms with Gasteiger partial charge in [0, 0.05) is 24.6 Å². The van der Waals surface area contributed by atoms with Crippen molar-refractivity contribution in [1.82, 2.24) is 15.5 Å². The smallest absolute Gasteiger partial charge is 0.147 e. The van der Waals surface area contributed by atoms with Crippen molar-refractivity contribution < 1.29 is 0 Å². The number of hydrogen-bond acceptors (Lipinski definition) is 4. The molecule has 0 bridgehead atoms. The summed E-state index contributed by atoms with van der Waals surface area (Å²) in [4.78, 5) is 0. The zero-order valence-corrected chi connectivity index (χ0v) is 12.6. The molecule has 0 atom stereocenters. The Labute approximate surface area is 119 Å². The van der Waals surface area contributed by atoms with Crippen LogP contribution in [0.25, 0.3) is 10.6 Å². The summed E-state index contributed by atoms with van der Waals surface area (Å²) in [5, 5.41) is 14.1. The fourth-order valence-corrected chi connectivity index (χ4v) is 2.67. The molecule has 3 nitrogen and oxygen atoms in total. The van der Waals surface area contributed by atoms with Crippen LogP contribution < -0.4 is 5.32 Å². The second kappa shape index (κ2) is 6.78. The average Bonchev–Trinajstić information content (AvgIpc) is 2.87. The molecule has 1 N–H and O–H groups in total. The molecular formula is C15H21N3S. The van der Waals surface area contributed by atoms with Gasteiger partial charge in [0.05, 0.1) is 0 Å². The minimum absolute atomic E-state index is 0.522. The van der Waals surface area contributed by atoms with E-state index in [2.05, 4.69) is 60.6 Å². The lowest BCUT2D eigenvalue weighted by Crippen LogP contribution is -2.24. The van der Waals surface area contributed by atoms with E-state index in [0.29, 0.717) is 6.04 Å². The monoisotopic (exact) mass is 275 g/mol. The van der Waals surface area contributed by atoms with Gasteiger partial charge >= 0.3 is 0 Å². The first-order valence-electron chi connectivity index (χ1n) is 6.84. The highest BCUT2D eigenvalue weighted by molar-refractivity contribution is 7.14. The van der Waals surface area contributed by atoms with Gasteiger partial charge in [-0.2, -0.15) is 0 Å². The van der Waals surface area contributed by atoms with Gasteiger partial charge in [0.1, 0.15) is 10.0 Å². The number of nitrogens with one attached hydrogen (secondary N) is 1. The fraction of sp³-hybridized carbons (Fsp3) is 0.467. The Morgan fingerprint density at radius 1 is 1.16 bits per heavy atom. The third-order valence-corrected chi connectivity index (χ3v) is 4.00. The molecule has 0 saturated carbocycles. The van der Waals surface area contributed by atoms with Gasteiger partial charge in [-0.1, -0.05) is 56.4 Å². The number of nitrogens with zero attached hydrogens (tertiary/aromatic N) is 2. The molecule has 19 heavy (non-hydrogen) atoms. The lowest BCUT2D eigenvalue weighted by atomic mass is 10.1. The average molecular weight is 275 g/mol. The van der Waals surface area contributed by atoms with Crippen molar-refractivity contribution in [3.05, 3.63) is 34.8 Å². The van der Waals surface area contributed by atoms with E-state index < -0.39 is 0 Å². The Bertz CT molecular complexity index is 502. The lowest BCUT2D eigenvalue weighted by Gasteiger charge is -2.05. The summed E-state index contributed by atoms with van der Waals surface area (Å²) in [6, 6.07) is 9.12. The van der Waals surface area contributed by atoms with Crippen molar-refractivity contribution in [2.75, 3.05) is 6.54 Å². The number of aromatic nitrogens is 2. The van der Waals surface area contributed by atoms with Crippen LogP contribution in [0.1, 0.15) is 31.3 Å². The van der Waals surface area contributed by atoms with Crippen molar-refractivity contribution in [2.24, 2.45) is 0 Å². The SMILES string of the molecule is CCc1ccc(-c2nnc(CCNC(C)C)s2)cc1. The second-order valence-electron chi connectivity index (χ2n) is 4.91. The first kappa shape index (κ1) is 14.2. The van der Waals surface area contributed by atoms with E-state index >= 15 is 0 Å². The Kier molecular flexibility index (Phi) is 5.05. The van der Waals surface area contributed by atoms with E-state index in [0.717, 1.165) is 35.0 Å². The first-order chi connectivity index (χ1) is 9.19. The highest BCUT2D eigenvalue weighted by Gasteiger charge is 2.06. The molecule has 0 aliphatic carbocycles. The molecule has 1 aromatic heterocycles. The summed E-state index contributed by atoms with van der Waals surface area (Å²) >= 11 is 1.69. The maximum absolute atomic E-state index is 4.28. The zero-order chi connectivity index (χ0) is 13.7. The first-order valence-corrected chi connectivity index (χ1v) is 7.65. The molecule has 0 unspecified atom stereocenters. The normalized spacial score (nSPS) is 11.2. The molecule has 0 aliphatic heterocycles. The number of hydrogen-bond donors (Lipinski definition) is 1. The largest absolute Gasteiger partial charge is 0.314 e. The molecule has 1 heterocycles. The van der Waals surface area contributed by atoms with Crippen LogP contribution in [0.3, 0.4) is 0 Å². The summed E-state index contributed by atoms with van der Waals surface area (Å²) in [7, 11) is 0. The minimum Gasteiger partial charge on any atom is -0.314 e. The van der Waals surface area contributed by atoms with Crippen LogP contribution in [0.4, 0.5) is 0 Å². The summed E-state index contributed by atoms with van der Waals surface area (Å²) in [5.41, 5.74) is 2.52. The minimum atomic E-state index is 0.522. The molecule has 2 rings (SSSR count). The van der Waals surface area contributed by atoms with Crippen LogP contribution in [0.5, 0.6) is 0 Å². The van der Waals surface area contributed by atoms with Crippen LogP contribution in [0, 0.1) is 0 Å². The summed E-state index contributed by atoms with van der Waals surface area (Å²) < 4.78 is 0. The molecule has 0 aliphatic rings. The van der Waals surface area contributed by atoms with Gasteiger partial charge in [-0.05, 0) is 12.0 Å². The molecule has 0 saturated heterocycles. The van der Waals surface area contributed by atoms with Crippen molar-refractivity contribution in [3.8, 4) is 10.6 Å². The Morgan fingerprint density at radius 2 is 1.89 bits per heavy atom. The molecule has 4 heteroatoms. The van der Waals surface area contributed by atoms with E-state index in [4.69, 9.17) is 0 Å². The maximum Gasteiger partial charge on any atom is 0.147 e. The second-order valence-corrected chi connectivity index (χ2v) is 5.97. The number of benzene rings is 1. The van der Waals surface area contributed by atoms with E-state index in [1.54, 1.807) is 11.3 Å². The molecule has 1 aromatic carbocycles. The highest BCUT2D eigenvalue weighted by Crippen LogP contribution is 2.24. The number of aryl methyl sites for hydroxylation is 1. The third kappa shape index (κ3) is 4.11. The molecule has 0 fully saturated rings. The zero-order valence-electron chi connectivity index (χ0n) is 11.8. The van der Waals surface area contributed by atoms with Gasteiger partial charge in [-0.3, -0.25) is 0 Å². The molecule has 0 spiro atoms. The van der Waals surface area contributed by atoms with E-state index in [1.165, 1.54) is 5.56 Å². The predicted octanol–water partition coefficient (Wildman–Crippen LogP) is 3.31. The van der Waals surface area contributed by atoms with Gasteiger partial charge in [-0.25, -0.2) is 0 Å². The van der Waals surface area contributed by atoms with Crippen molar-refractivity contribution >= 4 is 11.3 Å². The van der Waals surface area contributed by atoms with E-state index in [9.17, 15) is 0 Å². The van der Waals surface area contributed by atoms with Crippen molar-refractivity contribution in [2.45, 2.75) is 39.7 Å². The maximum atomic E-state index is 4.28. The molecule has 0 radical (unpaired) electrons. The van der Waals surface area contributed by atoms with Crippen LogP contribution >= 0.6 is 11.3 Å². The van der Waals surface area contributed by atoms with Crippen molar-refractivity contribution in [1.29, 1.82) is 0 Å². The Hall–Kier alpha value is -1.26. The van der Waals surface area contributed by atoms with Crippen LogP contribution in [0.2, 0.25) is 0 Å². The van der Waals surface area contributed by atoms with E-state index in [1.807, 2.05) is 0 Å². The van der Waals surface area contributed by atoms with Crippen LogP contribution in [0.15, 0.2) is 24.3 Å². The van der Waals surface area contributed by atoms with Gasteiger partial charge in [0.25, 0.3) is 0 Å². The topological polar surface area (TPSA) is 37.8 Å². The van der Waals surface area contributed by atoms with E-state index in [-0.39, 0.29) is 0 Å². The summed E-state index contributed by atoms with van der Waals surface area (Å²) in [6.45, 7) is 7.43. The summed E-state index contributed by atoms with van der Waals surface area (Å²) in [5.74, 6) is 0. The Morgan fingerprint density at radius 3 is 2.53 bits per heavy atom. The summed E-state index contributed by atoms with van der Waals surface area (Å²) in [6.07, 6.45) is 2.02. The van der Waals surface area contributed by atoms with Crippen LogP contribution in [-0.2, 0) is 12.8 Å². The quantitative estimate of drug-likeness (QED) is 0.879. The van der Waals surface area contributed by atoms with Gasteiger partial charge in [0.15, 0.2) is 0 Å². The van der Waals surface area contributed by atoms with Gasteiger partial charge in [-0.15, -0.1) is 10.2 Å². The highest BCUT2D eigenvalue weighted by atomic mass is 32.1. The Balaban J connectivity index is 1.99.